The molecule has 1 aliphatic heterocycles. The number of anilines is 1. The minimum atomic E-state index is -3.39. The van der Waals surface area contributed by atoms with Gasteiger partial charge in [0.25, 0.3) is 0 Å². The molecular formula is C41H48ClN3O13S. The molecule has 1 saturated heterocycles. The summed E-state index contributed by atoms with van der Waals surface area (Å²) in [4.78, 5) is 66.0. The molecule has 1 aliphatic carbocycles. The highest BCUT2D eigenvalue weighted by Gasteiger charge is 2.48. The van der Waals surface area contributed by atoms with Crippen molar-refractivity contribution in [3.63, 3.8) is 0 Å². The lowest BCUT2D eigenvalue weighted by Gasteiger charge is -2.43. The number of hydrogen-bond acceptors (Lipinski definition) is 13. The minimum Gasteiger partial charge on any atom is -0.459 e. The van der Waals surface area contributed by atoms with Gasteiger partial charge in [-0.3, -0.25) is 19.3 Å². The van der Waals surface area contributed by atoms with E-state index in [1.54, 1.807) is 13.8 Å². The average Bonchev–Trinajstić information content (AvgIpc) is 3.50. The number of carbonyl (C=O) groups is 5. The number of sulfone groups is 1. The quantitative estimate of drug-likeness (QED) is 0.0896. The highest BCUT2D eigenvalue weighted by atomic mass is 35.5. The molecule has 0 radical (unpaired) electrons. The number of hydrogen-bond donors (Lipinski definition) is 1. The number of alkyl halides is 1. The average molecular weight is 858 g/mol. The molecule has 0 saturated carbocycles. The first-order valence-corrected chi connectivity index (χ1v) is 21.4. The summed E-state index contributed by atoms with van der Waals surface area (Å²) in [5, 5.41) is 2.73. The van der Waals surface area contributed by atoms with Gasteiger partial charge in [0.15, 0.2) is 0 Å². The van der Waals surface area contributed by atoms with Crippen LogP contribution in [0, 0.1) is 5.92 Å². The largest absolute Gasteiger partial charge is 0.459 e. The second-order valence-electron chi connectivity index (χ2n) is 14.4. The summed E-state index contributed by atoms with van der Waals surface area (Å²) >= 11 is 5.88. The molecule has 0 spiro atoms. The molecule has 1 fully saturated rings. The van der Waals surface area contributed by atoms with Crippen molar-refractivity contribution < 1.29 is 60.8 Å². The number of nitrogens with one attached hydrogen (secondary N) is 1. The lowest BCUT2D eigenvalue weighted by molar-refractivity contribution is -0.263. The van der Waals surface area contributed by atoms with Gasteiger partial charge < -0.3 is 38.6 Å². The number of likely N-dealkylation sites (N-methyl/N-ethyl adjacent to an activating group) is 1. The molecule has 5 atom stereocenters. The van der Waals surface area contributed by atoms with Crippen molar-refractivity contribution in [3.05, 3.63) is 83.4 Å². The van der Waals surface area contributed by atoms with E-state index in [-0.39, 0.29) is 48.9 Å². The van der Waals surface area contributed by atoms with E-state index in [0.29, 0.717) is 5.56 Å². The van der Waals surface area contributed by atoms with Crippen LogP contribution < -0.4 is 10.1 Å². The van der Waals surface area contributed by atoms with Gasteiger partial charge in [0.2, 0.25) is 18.3 Å². The molecule has 3 aromatic carbocycles. The fraction of sp³-hybridized carbons (Fsp3) is 0.439. The topological polar surface area (TPSA) is 193 Å². The van der Waals surface area contributed by atoms with Gasteiger partial charge in [-0.05, 0) is 46.9 Å². The molecule has 16 nitrogen and oxygen atoms in total. The Labute approximate surface area is 347 Å². The van der Waals surface area contributed by atoms with Gasteiger partial charge in [0, 0.05) is 45.5 Å². The Bertz CT molecular complexity index is 2110. The van der Waals surface area contributed by atoms with Gasteiger partial charge in [-0.15, -0.1) is 11.6 Å². The Hall–Kier alpha value is -5.39. The van der Waals surface area contributed by atoms with Crippen LogP contribution in [0.15, 0.2) is 66.7 Å². The molecule has 0 bridgehead atoms. The number of ether oxygens (including phenoxy) is 6. The third kappa shape index (κ3) is 11.6. The Morgan fingerprint density at radius 1 is 0.847 bits per heavy atom. The second-order valence-corrected chi connectivity index (χ2v) is 16.9. The fourth-order valence-electron chi connectivity index (χ4n) is 6.79. The molecule has 1 heterocycles. The summed E-state index contributed by atoms with van der Waals surface area (Å²) in [6.07, 6.45) is -4.59. The SMILES string of the molecule is CC(=O)O[C@H]1[C@H](Oc2ccc(COC(=O)N(CCl)CCS(C)(=O)=O)cc2NC(=O)CN(C)C(=O)OCC2c3ccccc3-c3ccccc32)O[C@H](C)[C@@H](C)[C@@H]1OC(C)=O. The Morgan fingerprint density at radius 2 is 1.46 bits per heavy atom. The van der Waals surface area contributed by atoms with Crippen molar-refractivity contribution in [3.8, 4) is 16.9 Å². The third-order valence-corrected chi connectivity index (χ3v) is 11.1. The Balaban J connectivity index is 1.33. The van der Waals surface area contributed by atoms with E-state index in [2.05, 4.69) is 5.32 Å². The zero-order valence-electron chi connectivity index (χ0n) is 33.5. The van der Waals surface area contributed by atoms with Crippen LogP contribution in [0.5, 0.6) is 5.75 Å². The number of esters is 2. The van der Waals surface area contributed by atoms with Gasteiger partial charge in [-0.25, -0.2) is 18.0 Å². The first-order valence-electron chi connectivity index (χ1n) is 18.8. The van der Waals surface area contributed by atoms with Crippen LogP contribution in [0.4, 0.5) is 15.3 Å². The van der Waals surface area contributed by atoms with Gasteiger partial charge in [-0.1, -0.05) is 61.5 Å². The first-order chi connectivity index (χ1) is 27.9. The number of fused-ring (bicyclic) bond motifs is 3. The van der Waals surface area contributed by atoms with Crippen LogP contribution in [0.1, 0.15) is 50.3 Å². The van der Waals surface area contributed by atoms with E-state index in [9.17, 15) is 32.4 Å². The predicted octanol–water partition coefficient (Wildman–Crippen LogP) is 5.31. The van der Waals surface area contributed by atoms with Gasteiger partial charge in [-0.2, -0.15) is 0 Å². The van der Waals surface area contributed by atoms with E-state index in [4.69, 9.17) is 40.0 Å². The lowest BCUT2D eigenvalue weighted by atomic mass is 9.91. The van der Waals surface area contributed by atoms with Crippen LogP contribution in [0.3, 0.4) is 0 Å². The van der Waals surface area contributed by atoms with Crippen molar-refractivity contribution in [2.24, 2.45) is 5.92 Å². The maximum absolute atomic E-state index is 13.6. The minimum absolute atomic E-state index is 0.0261. The molecule has 3 amide bonds. The highest BCUT2D eigenvalue weighted by Crippen LogP contribution is 2.44. The predicted molar refractivity (Wildman–Crippen MR) is 215 cm³/mol. The van der Waals surface area contributed by atoms with Crippen LogP contribution in [0.2, 0.25) is 0 Å². The molecule has 5 rings (SSSR count). The standard InChI is InChI=1S/C41H48ClN3O13S/c1-24-25(2)55-39(38(57-27(4)47)37(24)56-26(3)46)58-35-16-15-28(21-53-41(50)45(23-42)17-18-59(6,51)52)19-34(35)43-36(48)20-44(5)40(49)54-22-33-31-13-9-7-11-29(31)30-12-8-10-14-32(30)33/h7-16,19,24-25,33,37-39H,17-18,20-23H2,1-6H3,(H,43,48)/t24-,25-,37+,38-,39+/m1/s1. The van der Waals surface area contributed by atoms with Crippen molar-refractivity contribution in [2.75, 3.05) is 50.1 Å². The van der Waals surface area contributed by atoms with E-state index >= 15 is 0 Å². The highest BCUT2D eigenvalue weighted by molar-refractivity contribution is 7.90. The maximum Gasteiger partial charge on any atom is 0.411 e. The van der Waals surface area contributed by atoms with Crippen molar-refractivity contribution in [2.45, 2.75) is 64.8 Å². The summed E-state index contributed by atoms with van der Waals surface area (Å²) in [6, 6.07) is 19.9. The number of benzene rings is 3. The number of rotatable bonds is 15. The zero-order valence-corrected chi connectivity index (χ0v) is 35.1. The Morgan fingerprint density at radius 3 is 2.05 bits per heavy atom. The smallest absolute Gasteiger partial charge is 0.411 e. The van der Waals surface area contributed by atoms with Crippen molar-refractivity contribution in [1.82, 2.24) is 9.80 Å². The van der Waals surface area contributed by atoms with Crippen molar-refractivity contribution in [1.29, 1.82) is 0 Å². The molecule has 59 heavy (non-hydrogen) atoms. The van der Waals surface area contributed by atoms with Crippen LogP contribution in [-0.4, -0.2) is 118 Å². The van der Waals surface area contributed by atoms with Crippen LogP contribution >= 0.6 is 11.6 Å². The number of nitrogens with zero attached hydrogens (tertiary/aromatic N) is 2. The monoisotopic (exact) mass is 857 g/mol. The van der Waals surface area contributed by atoms with E-state index in [1.165, 1.54) is 39.1 Å². The molecule has 318 valence electrons. The Kier molecular flexibility index (Phi) is 14.8. The summed E-state index contributed by atoms with van der Waals surface area (Å²) in [6.45, 7) is 5.00. The third-order valence-electron chi connectivity index (χ3n) is 9.89. The molecule has 18 heteroatoms. The number of halogens is 1. The second kappa shape index (κ2) is 19.6. The number of amides is 3. The van der Waals surface area contributed by atoms with E-state index in [0.717, 1.165) is 38.3 Å². The van der Waals surface area contributed by atoms with Gasteiger partial charge in [0.1, 0.15) is 41.4 Å². The summed E-state index contributed by atoms with van der Waals surface area (Å²) in [7, 11) is -1.98. The lowest BCUT2D eigenvalue weighted by Crippen LogP contribution is -2.57. The molecule has 3 aromatic rings. The summed E-state index contributed by atoms with van der Waals surface area (Å²) in [5.74, 6) is -2.84. The van der Waals surface area contributed by atoms with Gasteiger partial charge in [0.05, 0.1) is 23.5 Å². The molecule has 2 aliphatic rings. The van der Waals surface area contributed by atoms with Crippen molar-refractivity contribution >= 4 is 57.2 Å². The fourth-order valence-corrected chi connectivity index (χ4v) is 7.56. The number of carbonyl (C=O) groups excluding carboxylic acids is 5. The van der Waals surface area contributed by atoms with E-state index in [1.807, 2.05) is 48.5 Å². The zero-order chi connectivity index (χ0) is 43.0. The van der Waals surface area contributed by atoms with Crippen LogP contribution in [0.25, 0.3) is 11.1 Å². The maximum atomic E-state index is 13.6. The summed E-state index contributed by atoms with van der Waals surface area (Å²) < 4.78 is 57.8. The molecule has 0 aromatic heterocycles. The first kappa shape index (κ1) is 44.7. The summed E-state index contributed by atoms with van der Waals surface area (Å²) in [5.41, 5.74) is 4.62. The molecular weight excluding hydrogens is 810 g/mol. The van der Waals surface area contributed by atoms with Crippen LogP contribution in [-0.2, 0) is 54.5 Å². The van der Waals surface area contributed by atoms with E-state index < -0.39 is 76.9 Å². The molecule has 0 unspecified atom stereocenters. The van der Waals surface area contributed by atoms with Gasteiger partial charge >= 0.3 is 24.1 Å². The normalized spacial score (nSPS) is 19.7. The molecule has 1 N–H and O–H groups in total.